The first-order valence-corrected chi connectivity index (χ1v) is 6.74. The summed E-state index contributed by atoms with van der Waals surface area (Å²) in [6.07, 6.45) is 9.36. The Morgan fingerprint density at radius 1 is 0.933 bits per heavy atom. The molecule has 0 aromatic heterocycles. The highest BCUT2D eigenvalue weighted by Crippen LogP contribution is 2.25. The van der Waals surface area contributed by atoms with Gasteiger partial charge in [-0.15, -0.1) is 0 Å². The maximum Gasteiger partial charge on any atom is 0.0326 e. The molecule has 0 bridgehead atoms. The summed E-state index contributed by atoms with van der Waals surface area (Å²) in [6.45, 7) is 7.92. The van der Waals surface area contributed by atoms with E-state index in [1.165, 1.54) is 58.0 Å². The van der Waals surface area contributed by atoms with E-state index in [1.54, 1.807) is 0 Å². The van der Waals surface area contributed by atoms with Gasteiger partial charge in [-0.2, -0.15) is 0 Å². The van der Waals surface area contributed by atoms with E-state index < -0.39 is 0 Å². The molecule has 1 aliphatic rings. The van der Waals surface area contributed by atoms with Crippen LogP contribution in [0.3, 0.4) is 0 Å². The van der Waals surface area contributed by atoms with Gasteiger partial charge in [0.25, 0.3) is 0 Å². The third-order valence-corrected chi connectivity index (χ3v) is 4.22. The fourth-order valence-corrected chi connectivity index (χ4v) is 2.84. The van der Waals surface area contributed by atoms with Crippen LogP contribution in [0.1, 0.15) is 58.8 Å². The molecule has 1 saturated heterocycles. The average molecular weight is 212 g/mol. The molecular formula is C13H28N2. The number of rotatable bonds is 4. The Hall–Kier alpha value is -0.0800. The van der Waals surface area contributed by atoms with Gasteiger partial charge in [0.05, 0.1) is 0 Å². The van der Waals surface area contributed by atoms with Gasteiger partial charge < -0.3 is 5.73 Å². The van der Waals surface area contributed by atoms with Gasteiger partial charge in [-0.05, 0) is 38.8 Å². The summed E-state index contributed by atoms with van der Waals surface area (Å²) in [5.74, 6) is 0. The number of hydrogen-bond donors (Lipinski definition) is 1. The van der Waals surface area contributed by atoms with Gasteiger partial charge in [0, 0.05) is 12.1 Å². The fraction of sp³-hybridized carbons (Fsp3) is 1.00. The third-order valence-electron chi connectivity index (χ3n) is 4.22. The second kappa shape index (κ2) is 6.49. The molecule has 0 aliphatic carbocycles. The first-order chi connectivity index (χ1) is 7.29. The standard InChI is InChI=1S/C13H28N2/c1-3-13(4-2,12-14)15-10-8-6-5-7-9-11-15/h3-12,14H2,1-2H3. The van der Waals surface area contributed by atoms with Crippen LogP contribution in [0.25, 0.3) is 0 Å². The molecule has 0 aromatic carbocycles. The number of nitrogens with zero attached hydrogens (tertiary/aromatic N) is 1. The van der Waals surface area contributed by atoms with Crippen LogP contribution in [0.2, 0.25) is 0 Å². The van der Waals surface area contributed by atoms with Crippen LogP contribution in [0.15, 0.2) is 0 Å². The first kappa shape index (κ1) is 13.0. The smallest absolute Gasteiger partial charge is 0.0326 e. The van der Waals surface area contributed by atoms with Crippen molar-refractivity contribution >= 4 is 0 Å². The van der Waals surface area contributed by atoms with E-state index in [9.17, 15) is 0 Å². The molecule has 1 heterocycles. The maximum absolute atomic E-state index is 6.01. The minimum atomic E-state index is 0.289. The molecule has 0 unspecified atom stereocenters. The lowest BCUT2D eigenvalue weighted by Crippen LogP contribution is -2.54. The minimum absolute atomic E-state index is 0.289. The molecule has 1 aliphatic heterocycles. The Balaban J connectivity index is 2.62. The molecule has 90 valence electrons. The van der Waals surface area contributed by atoms with Gasteiger partial charge in [0.2, 0.25) is 0 Å². The van der Waals surface area contributed by atoms with Crippen LogP contribution in [-0.4, -0.2) is 30.1 Å². The predicted molar refractivity (Wildman–Crippen MR) is 67.0 cm³/mol. The number of nitrogens with two attached hydrogens (primary N) is 1. The summed E-state index contributed by atoms with van der Waals surface area (Å²) in [5.41, 5.74) is 6.30. The van der Waals surface area contributed by atoms with E-state index in [2.05, 4.69) is 18.7 Å². The molecule has 0 spiro atoms. The highest BCUT2D eigenvalue weighted by molar-refractivity contribution is 4.89. The van der Waals surface area contributed by atoms with Crippen molar-refractivity contribution in [1.29, 1.82) is 0 Å². The zero-order valence-corrected chi connectivity index (χ0v) is 10.6. The molecule has 0 amide bonds. The van der Waals surface area contributed by atoms with E-state index in [-0.39, 0.29) is 5.54 Å². The van der Waals surface area contributed by atoms with Crippen molar-refractivity contribution in [2.24, 2.45) is 5.73 Å². The monoisotopic (exact) mass is 212 g/mol. The Bertz CT molecular complexity index is 148. The third kappa shape index (κ3) is 3.18. The molecule has 1 fully saturated rings. The molecule has 15 heavy (non-hydrogen) atoms. The predicted octanol–water partition coefficient (Wildman–Crippen LogP) is 2.77. The first-order valence-electron chi connectivity index (χ1n) is 6.74. The van der Waals surface area contributed by atoms with Crippen LogP contribution in [-0.2, 0) is 0 Å². The van der Waals surface area contributed by atoms with Crippen LogP contribution in [0, 0.1) is 0 Å². The van der Waals surface area contributed by atoms with Gasteiger partial charge in [0.15, 0.2) is 0 Å². The van der Waals surface area contributed by atoms with Gasteiger partial charge in [-0.25, -0.2) is 0 Å². The quantitative estimate of drug-likeness (QED) is 0.776. The van der Waals surface area contributed by atoms with Crippen molar-refractivity contribution in [2.75, 3.05) is 19.6 Å². The summed E-state index contributed by atoms with van der Waals surface area (Å²) in [7, 11) is 0. The fourth-order valence-electron chi connectivity index (χ4n) is 2.84. The molecule has 0 radical (unpaired) electrons. The summed E-state index contributed by atoms with van der Waals surface area (Å²) >= 11 is 0. The van der Waals surface area contributed by atoms with Crippen molar-refractivity contribution in [3.05, 3.63) is 0 Å². The lowest BCUT2D eigenvalue weighted by molar-refractivity contribution is 0.0758. The lowest BCUT2D eigenvalue weighted by atomic mass is 9.89. The van der Waals surface area contributed by atoms with E-state index in [0.717, 1.165) is 6.54 Å². The van der Waals surface area contributed by atoms with Gasteiger partial charge in [-0.3, -0.25) is 4.90 Å². The van der Waals surface area contributed by atoms with Crippen LogP contribution in [0.5, 0.6) is 0 Å². The van der Waals surface area contributed by atoms with E-state index >= 15 is 0 Å². The Morgan fingerprint density at radius 3 is 1.80 bits per heavy atom. The summed E-state index contributed by atoms with van der Waals surface area (Å²) < 4.78 is 0. The second-order valence-corrected chi connectivity index (χ2v) is 4.89. The second-order valence-electron chi connectivity index (χ2n) is 4.89. The zero-order chi connectivity index (χ0) is 11.1. The molecule has 2 N–H and O–H groups in total. The van der Waals surface area contributed by atoms with Gasteiger partial charge >= 0.3 is 0 Å². The average Bonchev–Trinajstić information content (AvgIpc) is 2.23. The normalized spacial score (nSPS) is 21.0. The van der Waals surface area contributed by atoms with Crippen molar-refractivity contribution in [1.82, 2.24) is 4.90 Å². The zero-order valence-electron chi connectivity index (χ0n) is 10.6. The lowest BCUT2D eigenvalue weighted by Gasteiger charge is -2.43. The Kier molecular flexibility index (Phi) is 5.62. The Morgan fingerprint density at radius 2 is 1.40 bits per heavy atom. The molecule has 1 rings (SSSR count). The highest BCUT2D eigenvalue weighted by atomic mass is 15.2. The topological polar surface area (TPSA) is 29.3 Å². The number of likely N-dealkylation sites (tertiary alicyclic amines) is 1. The summed E-state index contributed by atoms with van der Waals surface area (Å²) in [6, 6.07) is 0. The van der Waals surface area contributed by atoms with E-state index in [0.29, 0.717) is 0 Å². The Labute approximate surface area is 95.2 Å². The molecular weight excluding hydrogens is 184 g/mol. The van der Waals surface area contributed by atoms with Crippen LogP contribution >= 0.6 is 0 Å². The largest absolute Gasteiger partial charge is 0.329 e. The molecule has 2 heteroatoms. The van der Waals surface area contributed by atoms with Crippen molar-refractivity contribution in [3.63, 3.8) is 0 Å². The molecule has 2 nitrogen and oxygen atoms in total. The summed E-state index contributed by atoms with van der Waals surface area (Å²) in [4.78, 5) is 2.67. The molecule has 0 atom stereocenters. The van der Waals surface area contributed by atoms with Gasteiger partial charge in [0.1, 0.15) is 0 Å². The van der Waals surface area contributed by atoms with Crippen molar-refractivity contribution in [3.8, 4) is 0 Å². The SMILES string of the molecule is CCC(CC)(CN)N1CCCCCCC1. The van der Waals surface area contributed by atoms with Crippen molar-refractivity contribution in [2.45, 2.75) is 64.3 Å². The van der Waals surface area contributed by atoms with Crippen LogP contribution < -0.4 is 5.73 Å². The summed E-state index contributed by atoms with van der Waals surface area (Å²) in [5, 5.41) is 0. The van der Waals surface area contributed by atoms with Crippen LogP contribution in [0.4, 0.5) is 0 Å². The van der Waals surface area contributed by atoms with E-state index in [1.807, 2.05) is 0 Å². The van der Waals surface area contributed by atoms with Gasteiger partial charge in [-0.1, -0.05) is 33.1 Å². The highest BCUT2D eigenvalue weighted by Gasteiger charge is 2.31. The van der Waals surface area contributed by atoms with E-state index in [4.69, 9.17) is 5.73 Å². The minimum Gasteiger partial charge on any atom is -0.329 e. The molecule has 0 aromatic rings. The van der Waals surface area contributed by atoms with Crippen molar-refractivity contribution < 1.29 is 0 Å². The number of hydrogen-bond acceptors (Lipinski definition) is 2. The molecule has 0 saturated carbocycles. The maximum atomic E-state index is 6.01.